The summed E-state index contributed by atoms with van der Waals surface area (Å²) in [6.45, 7) is 8.00. The van der Waals surface area contributed by atoms with Gasteiger partial charge in [-0.15, -0.1) is 0 Å². The molecule has 0 fully saturated rings. The van der Waals surface area contributed by atoms with Gasteiger partial charge >= 0.3 is 0 Å². The molecule has 0 radical (unpaired) electrons. The molecule has 3 rings (SSSR count). The van der Waals surface area contributed by atoms with Crippen molar-refractivity contribution in [3.63, 3.8) is 0 Å². The summed E-state index contributed by atoms with van der Waals surface area (Å²) in [4.78, 5) is 16.9. The zero-order valence-corrected chi connectivity index (χ0v) is 16.9. The van der Waals surface area contributed by atoms with Gasteiger partial charge in [-0.2, -0.15) is 5.10 Å². The van der Waals surface area contributed by atoms with Gasteiger partial charge in [-0.3, -0.25) is 14.9 Å². The molecule has 2 aromatic heterocycles. The molecule has 5 heteroatoms. The van der Waals surface area contributed by atoms with E-state index in [1.54, 1.807) is 19.3 Å². The Balaban J connectivity index is 2.05. The fourth-order valence-corrected chi connectivity index (χ4v) is 3.10. The van der Waals surface area contributed by atoms with Gasteiger partial charge in [-0.1, -0.05) is 55.2 Å². The van der Waals surface area contributed by atoms with Crippen LogP contribution in [-0.4, -0.2) is 28.1 Å². The molecule has 0 bridgehead atoms. The van der Waals surface area contributed by atoms with Gasteiger partial charge in [0.1, 0.15) is 0 Å². The molecule has 0 aromatic carbocycles. The molecular weight excluding hydrogens is 360 g/mol. The summed E-state index contributed by atoms with van der Waals surface area (Å²) in [7, 11) is 1.62. The lowest BCUT2D eigenvalue weighted by atomic mass is 9.94. The van der Waals surface area contributed by atoms with Crippen molar-refractivity contribution >= 4 is 11.5 Å². The van der Waals surface area contributed by atoms with Crippen LogP contribution < -0.4 is 5.32 Å². The number of aromatic amines is 1. The number of nitrogens with one attached hydrogen (secondary N) is 2. The Labute approximate surface area is 171 Å². The number of allylic oxidation sites excluding steroid dienone is 9. The van der Waals surface area contributed by atoms with Gasteiger partial charge in [0.25, 0.3) is 5.91 Å². The molecule has 29 heavy (non-hydrogen) atoms. The van der Waals surface area contributed by atoms with E-state index in [-0.39, 0.29) is 5.91 Å². The van der Waals surface area contributed by atoms with E-state index < -0.39 is 0 Å². The Morgan fingerprint density at radius 2 is 2.07 bits per heavy atom. The van der Waals surface area contributed by atoms with Gasteiger partial charge in [-0.05, 0) is 42.7 Å². The van der Waals surface area contributed by atoms with E-state index in [2.05, 4.69) is 27.1 Å². The maximum Gasteiger partial charge on any atom is 0.251 e. The van der Waals surface area contributed by atoms with E-state index in [1.807, 2.05) is 68.5 Å². The monoisotopic (exact) mass is 384 g/mol. The average molecular weight is 384 g/mol. The highest BCUT2D eigenvalue weighted by molar-refractivity contribution is 5.98. The van der Waals surface area contributed by atoms with Crippen molar-refractivity contribution < 1.29 is 4.79 Å². The predicted molar refractivity (Wildman–Crippen MR) is 118 cm³/mol. The summed E-state index contributed by atoms with van der Waals surface area (Å²) in [6, 6.07) is 5.90. The first-order valence-electron chi connectivity index (χ1n) is 9.37. The van der Waals surface area contributed by atoms with Crippen molar-refractivity contribution in [2.24, 2.45) is 0 Å². The van der Waals surface area contributed by atoms with E-state index in [1.165, 1.54) is 0 Å². The topological polar surface area (TPSA) is 70.7 Å². The SMILES string of the molecule is C=C1\C=C/C(c2cn[nH]c2-c2cccc(C)n2)=C/C=C/C1=C(/C=C\C)C(=O)NC. The summed E-state index contributed by atoms with van der Waals surface area (Å²) >= 11 is 0. The van der Waals surface area contributed by atoms with Crippen LogP contribution in [0.15, 0.2) is 90.2 Å². The summed E-state index contributed by atoms with van der Waals surface area (Å²) in [5, 5.41) is 9.96. The Kier molecular flexibility index (Phi) is 6.19. The van der Waals surface area contributed by atoms with Crippen LogP contribution in [0.3, 0.4) is 0 Å². The largest absolute Gasteiger partial charge is 0.355 e. The molecule has 5 nitrogen and oxygen atoms in total. The number of aromatic nitrogens is 3. The second kappa shape index (κ2) is 8.97. The van der Waals surface area contributed by atoms with Crippen molar-refractivity contribution in [2.75, 3.05) is 7.05 Å². The number of H-pyrrole nitrogens is 1. The highest BCUT2D eigenvalue weighted by Gasteiger charge is 2.15. The van der Waals surface area contributed by atoms with Crippen LogP contribution in [0, 0.1) is 6.92 Å². The highest BCUT2D eigenvalue weighted by Crippen LogP contribution is 2.29. The number of amides is 1. The molecule has 1 aliphatic rings. The molecule has 0 saturated carbocycles. The number of aryl methyl sites for hydroxylation is 1. The number of carbonyl (C=O) groups excluding carboxylic acids is 1. The van der Waals surface area contributed by atoms with Gasteiger partial charge in [0, 0.05) is 23.9 Å². The zero-order valence-electron chi connectivity index (χ0n) is 16.9. The lowest BCUT2D eigenvalue weighted by Gasteiger charge is -2.11. The number of pyridine rings is 1. The molecule has 0 unspecified atom stereocenters. The third kappa shape index (κ3) is 4.41. The van der Waals surface area contributed by atoms with E-state index in [9.17, 15) is 4.79 Å². The molecule has 0 atom stereocenters. The minimum Gasteiger partial charge on any atom is -0.355 e. The van der Waals surface area contributed by atoms with Crippen molar-refractivity contribution in [2.45, 2.75) is 13.8 Å². The van der Waals surface area contributed by atoms with E-state index >= 15 is 0 Å². The fraction of sp³-hybridized carbons (Fsp3) is 0.125. The Morgan fingerprint density at radius 3 is 2.79 bits per heavy atom. The van der Waals surface area contributed by atoms with Crippen LogP contribution >= 0.6 is 0 Å². The lowest BCUT2D eigenvalue weighted by molar-refractivity contribution is -0.116. The molecule has 0 spiro atoms. The van der Waals surface area contributed by atoms with Crippen molar-refractivity contribution in [3.8, 4) is 11.4 Å². The van der Waals surface area contributed by atoms with Crippen LogP contribution in [0.5, 0.6) is 0 Å². The third-order valence-corrected chi connectivity index (χ3v) is 4.54. The standard InChI is InChI=1S/C24H24N4O/c1-5-8-20(24(29)25-4)19-11-7-10-18(14-13-16(19)2)21-15-26-28-23(21)22-12-6-9-17(3)27-22/h5-15H,2H2,1,3-4H3,(H,25,29)(H,26,28)/b8-5-,11-7+,14-13-,18-10-,20-19+. The number of rotatable bonds is 4. The van der Waals surface area contributed by atoms with E-state index in [0.717, 1.165) is 39.4 Å². The number of hydrogen-bond donors (Lipinski definition) is 2. The Hall–Kier alpha value is -3.73. The van der Waals surface area contributed by atoms with Gasteiger partial charge < -0.3 is 5.32 Å². The first-order valence-corrected chi connectivity index (χ1v) is 9.37. The van der Waals surface area contributed by atoms with Crippen LogP contribution in [0.25, 0.3) is 17.0 Å². The van der Waals surface area contributed by atoms with Gasteiger partial charge in [0.05, 0.1) is 17.6 Å². The molecule has 146 valence electrons. The predicted octanol–water partition coefficient (Wildman–Crippen LogP) is 4.46. The molecule has 2 heterocycles. The average Bonchev–Trinajstić information content (AvgIpc) is 3.19. The van der Waals surface area contributed by atoms with Crippen molar-refractivity contribution in [1.82, 2.24) is 20.5 Å². The minimum absolute atomic E-state index is 0.148. The van der Waals surface area contributed by atoms with Crippen LogP contribution in [0.1, 0.15) is 18.2 Å². The first kappa shape index (κ1) is 20.0. The summed E-state index contributed by atoms with van der Waals surface area (Å²) in [6.07, 6.45) is 15.1. The molecule has 2 aromatic rings. The summed E-state index contributed by atoms with van der Waals surface area (Å²) in [5.41, 5.74) is 6.67. The number of likely N-dealkylation sites (N-methyl/N-ethyl adjacent to an activating group) is 1. The van der Waals surface area contributed by atoms with Gasteiger partial charge in [0.2, 0.25) is 0 Å². The number of carbonyl (C=O) groups is 1. The second-order valence-electron chi connectivity index (χ2n) is 6.57. The lowest BCUT2D eigenvalue weighted by Crippen LogP contribution is -2.20. The third-order valence-electron chi connectivity index (χ3n) is 4.54. The van der Waals surface area contributed by atoms with Crippen molar-refractivity contribution in [1.29, 1.82) is 0 Å². The maximum atomic E-state index is 12.3. The van der Waals surface area contributed by atoms with E-state index in [4.69, 9.17) is 0 Å². The number of hydrogen-bond acceptors (Lipinski definition) is 3. The number of nitrogens with zero attached hydrogens (tertiary/aromatic N) is 2. The highest BCUT2D eigenvalue weighted by atomic mass is 16.1. The second-order valence-corrected chi connectivity index (χ2v) is 6.57. The zero-order chi connectivity index (χ0) is 20.8. The normalized spacial score (nSPS) is 19.8. The smallest absolute Gasteiger partial charge is 0.251 e. The molecular formula is C24H24N4O. The van der Waals surface area contributed by atoms with Crippen LogP contribution in [0.4, 0.5) is 0 Å². The Bertz CT molecular complexity index is 1090. The fourth-order valence-electron chi connectivity index (χ4n) is 3.10. The maximum absolute atomic E-state index is 12.3. The van der Waals surface area contributed by atoms with E-state index in [0.29, 0.717) is 5.57 Å². The van der Waals surface area contributed by atoms with Gasteiger partial charge in [0.15, 0.2) is 0 Å². The molecule has 1 aliphatic carbocycles. The van der Waals surface area contributed by atoms with Crippen LogP contribution in [0.2, 0.25) is 0 Å². The molecule has 1 amide bonds. The van der Waals surface area contributed by atoms with Crippen molar-refractivity contribution in [3.05, 3.63) is 101 Å². The molecule has 2 N–H and O–H groups in total. The quantitative estimate of drug-likeness (QED) is 0.765. The summed E-state index contributed by atoms with van der Waals surface area (Å²) < 4.78 is 0. The first-order chi connectivity index (χ1) is 14.0. The van der Waals surface area contributed by atoms with Gasteiger partial charge in [-0.25, -0.2) is 0 Å². The summed E-state index contributed by atoms with van der Waals surface area (Å²) in [5.74, 6) is -0.148. The molecule has 0 saturated heterocycles. The minimum atomic E-state index is -0.148. The molecule has 0 aliphatic heterocycles. The van der Waals surface area contributed by atoms with Crippen LogP contribution in [-0.2, 0) is 4.79 Å². The Morgan fingerprint density at radius 1 is 1.24 bits per heavy atom.